The molecule has 0 saturated carbocycles. The summed E-state index contributed by atoms with van der Waals surface area (Å²) in [5.74, 6) is 0.0600. The molecule has 1 aliphatic rings. The summed E-state index contributed by atoms with van der Waals surface area (Å²) in [4.78, 5) is 23.4. The van der Waals surface area contributed by atoms with Gasteiger partial charge in [0.15, 0.2) is 23.8 Å². The number of amides is 1. The largest absolute Gasteiger partial charge is 0.454 e. The fourth-order valence-electron chi connectivity index (χ4n) is 1.90. The van der Waals surface area contributed by atoms with Crippen LogP contribution in [0.4, 0.5) is 5.69 Å². The first-order valence-electron chi connectivity index (χ1n) is 6.50. The van der Waals surface area contributed by atoms with E-state index in [1.165, 1.54) is 6.07 Å². The van der Waals surface area contributed by atoms with Crippen LogP contribution in [0.1, 0.15) is 16.2 Å². The van der Waals surface area contributed by atoms with Crippen LogP contribution in [0.25, 0.3) is 0 Å². The number of carbonyl (C=O) groups excluding carboxylic acids is 2. The second kappa shape index (κ2) is 5.76. The lowest BCUT2D eigenvalue weighted by Crippen LogP contribution is -2.21. The molecule has 0 radical (unpaired) electrons. The molecule has 0 saturated heterocycles. The Morgan fingerprint density at radius 2 is 2.14 bits per heavy atom. The van der Waals surface area contributed by atoms with E-state index in [9.17, 15) is 9.59 Å². The average Bonchev–Trinajstić information content (AvgIpc) is 3.13. The Labute approximate surface area is 125 Å². The van der Waals surface area contributed by atoms with Gasteiger partial charge in [0.1, 0.15) is 0 Å². The Kier molecular flexibility index (Phi) is 3.65. The predicted octanol–water partition coefficient (Wildman–Crippen LogP) is 1.24. The number of anilines is 1. The molecular formula is C14H13N3O5. The number of aromatic amines is 1. The zero-order valence-corrected chi connectivity index (χ0v) is 11.7. The third kappa shape index (κ3) is 3.00. The van der Waals surface area contributed by atoms with Crippen LogP contribution in [0.2, 0.25) is 0 Å². The molecule has 0 spiro atoms. The summed E-state index contributed by atoms with van der Waals surface area (Å²) in [5.41, 5.74) is 1.39. The van der Waals surface area contributed by atoms with Gasteiger partial charge in [-0.2, -0.15) is 5.10 Å². The monoisotopic (exact) mass is 303 g/mol. The molecule has 1 amide bonds. The smallest absolute Gasteiger partial charge is 0.359 e. The number of H-pyrrole nitrogens is 1. The van der Waals surface area contributed by atoms with E-state index in [1.807, 2.05) is 0 Å². The molecule has 3 rings (SSSR count). The second-order valence-electron chi connectivity index (χ2n) is 4.63. The van der Waals surface area contributed by atoms with E-state index in [0.29, 0.717) is 17.2 Å². The summed E-state index contributed by atoms with van der Waals surface area (Å²) >= 11 is 0. The fourth-order valence-corrected chi connectivity index (χ4v) is 1.90. The second-order valence-corrected chi connectivity index (χ2v) is 4.63. The topological polar surface area (TPSA) is 103 Å². The standard InChI is InChI=1S/C14H13N3O5/c1-8-4-10(17-16-8)14(19)20-6-13(18)15-9-2-3-11-12(5-9)22-7-21-11/h2-5H,6-7H2,1H3,(H,15,18)(H,16,17). The van der Waals surface area contributed by atoms with Gasteiger partial charge in [0, 0.05) is 17.4 Å². The molecule has 0 aliphatic carbocycles. The van der Waals surface area contributed by atoms with Crippen molar-refractivity contribution in [3.63, 3.8) is 0 Å². The molecule has 22 heavy (non-hydrogen) atoms. The molecule has 2 heterocycles. The molecular weight excluding hydrogens is 290 g/mol. The zero-order valence-electron chi connectivity index (χ0n) is 11.7. The third-order valence-electron chi connectivity index (χ3n) is 2.91. The van der Waals surface area contributed by atoms with Crippen molar-refractivity contribution in [3.05, 3.63) is 35.7 Å². The van der Waals surface area contributed by atoms with Crippen LogP contribution in [0.15, 0.2) is 24.3 Å². The van der Waals surface area contributed by atoms with E-state index in [4.69, 9.17) is 14.2 Å². The highest BCUT2D eigenvalue weighted by Crippen LogP contribution is 2.34. The number of aromatic nitrogens is 2. The summed E-state index contributed by atoms with van der Waals surface area (Å²) in [5, 5.41) is 8.98. The molecule has 8 nitrogen and oxygen atoms in total. The highest BCUT2D eigenvalue weighted by Gasteiger charge is 2.16. The summed E-state index contributed by atoms with van der Waals surface area (Å²) in [6.45, 7) is 1.52. The van der Waals surface area contributed by atoms with Crippen LogP contribution in [-0.2, 0) is 9.53 Å². The molecule has 114 valence electrons. The number of aryl methyl sites for hydroxylation is 1. The number of nitrogens with zero attached hydrogens (tertiary/aromatic N) is 1. The molecule has 0 unspecified atom stereocenters. The highest BCUT2D eigenvalue weighted by atomic mass is 16.7. The van der Waals surface area contributed by atoms with E-state index in [2.05, 4.69) is 15.5 Å². The molecule has 1 aromatic heterocycles. The summed E-state index contributed by atoms with van der Waals surface area (Å²) in [7, 11) is 0. The minimum atomic E-state index is -0.662. The van der Waals surface area contributed by atoms with Gasteiger partial charge in [-0.25, -0.2) is 4.79 Å². The van der Waals surface area contributed by atoms with Crippen molar-refractivity contribution < 1.29 is 23.8 Å². The van der Waals surface area contributed by atoms with Gasteiger partial charge in [0.2, 0.25) is 6.79 Å². The Hall–Kier alpha value is -3.03. The quantitative estimate of drug-likeness (QED) is 0.824. The number of rotatable bonds is 4. The molecule has 2 N–H and O–H groups in total. The third-order valence-corrected chi connectivity index (χ3v) is 2.91. The summed E-state index contributed by atoms with van der Waals surface area (Å²) in [6.07, 6.45) is 0. The maximum atomic E-state index is 11.8. The molecule has 0 bridgehead atoms. The number of carbonyl (C=O) groups is 2. The molecule has 2 aromatic rings. The van der Waals surface area contributed by atoms with E-state index in [0.717, 1.165) is 5.69 Å². The number of ether oxygens (including phenoxy) is 3. The molecule has 1 aromatic carbocycles. The Morgan fingerprint density at radius 3 is 2.91 bits per heavy atom. The van der Waals surface area contributed by atoms with Crippen LogP contribution >= 0.6 is 0 Å². The fraction of sp³-hybridized carbons (Fsp3) is 0.214. The number of hydrogen-bond donors (Lipinski definition) is 2. The van der Waals surface area contributed by atoms with Gasteiger partial charge in [0.25, 0.3) is 5.91 Å². The van der Waals surface area contributed by atoms with Gasteiger partial charge < -0.3 is 19.5 Å². The normalized spacial score (nSPS) is 12.0. The maximum Gasteiger partial charge on any atom is 0.359 e. The number of benzene rings is 1. The highest BCUT2D eigenvalue weighted by molar-refractivity contribution is 5.95. The van der Waals surface area contributed by atoms with Gasteiger partial charge in [-0.3, -0.25) is 9.89 Å². The van der Waals surface area contributed by atoms with Gasteiger partial charge >= 0.3 is 5.97 Å². The van der Waals surface area contributed by atoms with Crippen molar-refractivity contribution in [2.45, 2.75) is 6.92 Å². The summed E-state index contributed by atoms with van der Waals surface area (Å²) < 4.78 is 15.3. The van der Waals surface area contributed by atoms with Crippen molar-refractivity contribution in [3.8, 4) is 11.5 Å². The van der Waals surface area contributed by atoms with Gasteiger partial charge in [-0.15, -0.1) is 0 Å². The minimum absolute atomic E-state index is 0.133. The lowest BCUT2D eigenvalue weighted by molar-refractivity contribution is -0.119. The number of hydrogen-bond acceptors (Lipinski definition) is 6. The lowest BCUT2D eigenvalue weighted by atomic mass is 10.3. The van der Waals surface area contributed by atoms with E-state index in [-0.39, 0.29) is 12.5 Å². The Morgan fingerprint density at radius 1 is 1.32 bits per heavy atom. The van der Waals surface area contributed by atoms with Crippen LogP contribution in [0.3, 0.4) is 0 Å². The van der Waals surface area contributed by atoms with E-state index in [1.54, 1.807) is 25.1 Å². The Balaban J connectivity index is 1.53. The van der Waals surface area contributed by atoms with Crippen LogP contribution < -0.4 is 14.8 Å². The molecule has 1 aliphatic heterocycles. The van der Waals surface area contributed by atoms with Crippen molar-refractivity contribution in [1.29, 1.82) is 0 Å². The van der Waals surface area contributed by atoms with Crippen molar-refractivity contribution >= 4 is 17.6 Å². The van der Waals surface area contributed by atoms with E-state index < -0.39 is 18.5 Å². The van der Waals surface area contributed by atoms with Crippen molar-refractivity contribution in [1.82, 2.24) is 10.2 Å². The number of nitrogens with one attached hydrogen (secondary N) is 2. The molecule has 8 heteroatoms. The maximum absolute atomic E-state index is 11.8. The predicted molar refractivity (Wildman–Crippen MR) is 74.8 cm³/mol. The minimum Gasteiger partial charge on any atom is -0.454 e. The first kappa shape index (κ1) is 13.9. The van der Waals surface area contributed by atoms with Gasteiger partial charge in [-0.1, -0.05) is 0 Å². The number of fused-ring (bicyclic) bond motifs is 1. The first-order chi connectivity index (χ1) is 10.6. The average molecular weight is 303 g/mol. The Bertz CT molecular complexity index is 725. The van der Waals surface area contributed by atoms with Gasteiger partial charge in [-0.05, 0) is 25.1 Å². The molecule has 0 fully saturated rings. The first-order valence-corrected chi connectivity index (χ1v) is 6.50. The van der Waals surface area contributed by atoms with Crippen LogP contribution in [0.5, 0.6) is 11.5 Å². The van der Waals surface area contributed by atoms with Crippen LogP contribution in [-0.4, -0.2) is 35.5 Å². The van der Waals surface area contributed by atoms with Gasteiger partial charge in [0.05, 0.1) is 0 Å². The summed E-state index contributed by atoms with van der Waals surface area (Å²) in [6, 6.07) is 6.54. The SMILES string of the molecule is Cc1cc(C(=O)OCC(=O)Nc2ccc3c(c2)OCO3)n[nH]1. The zero-order chi connectivity index (χ0) is 15.5. The van der Waals surface area contributed by atoms with E-state index >= 15 is 0 Å². The van der Waals surface area contributed by atoms with Crippen molar-refractivity contribution in [2.24, 2.45) is 0 Å². The number of esters is 1. The van der Waals surface area contributed by atoms with Crippen LogP contribution in [0, 0.1) is 6.92 Å². The molecule has 0 atom stereocenters. The van der Waals surface area contributed by atoms with Crippen molar-refractivity contribution in [2.75, 3.05) is 18.7 Å². The lowest BCUT2D eigenvalue weighted by Gasteiger charge is -2.06.